The molecule has 16 heavy (non-hydrogen) atoms. The topological polar surface area (TPSA) is 15.3 Å². The Bertz CT molecular complexity index is 187. The molecule has 1 heterocycles. The van der Waals surface area contributed by atoms with E-state index in [1.807, 2.05) is 7.05 Å². The predicted molar refractivity (Wildman–Crippen MR) is 69.7 cm³/mol. The first-order valence-electron chi connectivity index (χ1n) is 7.22. The Morgan fingerprint density at radius 3 is 2.31 bits per heavy atom. The van der Waals surface area contributed by atoms with Crippen LogP contribution in [0.4, 0.5) is 0 Å². The van der Waals surface area contributed by atoms with Gasteiger partial charge >= 0.3 is 0 Å². The molecule has 2 aliphatic rings. The van der Waals surface area contributed by atoms with E-state index in [0.717, 1.165) is 5.41 Å². The summed E-state index contributed by atoms with van der Waals surface area (Å²) in [6.45, 7) is 5.26. The van der Waals surface area contributed by atoms with E-state index in [0.29, 0.717) is 0 Å². The van der Waals surface area contributed by atoms with Crippen molar-refractivity contribution in [1.29, 1.82) is 0 Å². The lowest BCUT2D eigenvalue weighted by Crippen LogP contribution is -2.39. The number of nitrogens with one attached hydrogen (secondary N) is 1. The second-order valence-corrected chi connectivity index (χ2v) is 5.86. The number of nitrogens with zero attached hydrogens (tertiary/aromatic N) is 1. The number of rotatable bonds is 5. The average Bonchev–Trinajstić information content (AvgIpc) is 2.76. The Morgan fingerprint density at radius 2 is 1.69 bits per heavy atom. The third kappa shape index (κ3) is 3.21. The summed E-state index contributed by atoms with van der Waals surface area (Å²) >= 11 is 0. The summed E-state index contributed by atoms with van der Waals surface area (Å²) in [5, 5.41) is 3.23. The van der Waals surface area contributed by atoms with Crippen LogP contribution in [0.2, 0.25) is 0 Å². The standard InChI is InChI=1S/C14H28N2/c1-15-10-4-5-11-16-12-8-14(9-13-16)6-2-3-7-14/h15H,2-13H2,1H3. The van der Waals surface area contributed by atoms with Gasteiger partial charge in [0.15, 0.2) is 0 Å². The lowest BCUT2D eigenvalue weighted by molar-refractivity contribution is 0.107. The zero-order valence-electron chi connectivity index (χ0n) is 10.9. The maximum atomic E-state index is 3.23. The molecule has 0 aromatic carbocycles. The van der Waals surface area contributed by atoms with Crippen LogP contribution in [0.3, 0.4) is 0 Å². The molecule has 2 heteroatoms. The monoisotopic (exact) mass is 224 g/mol. The first kappa shape index (κ1) is 12.4. The van der Waals surface area contributed by atoms with Crippen molar-refractivity contribution in [2.24, 2.45) is 5.41 Å². The minimum absolute atomic E-state index is 0.793. The molecule has 1 saturated carbocycles. The third-order valence-electron chi connectivity index (χ3n) is 4.73. The summed E-state index contributed by atoms with van der Waals surface area (Å²) < 4.78 is 0. The van der Waals surface area contributed by atoms with Crippen LogP contribution in [-0.2, 0) is 0 Å². The maximum Gasteiger partial charge on any atom is -0.00134 e. The van der Waals surface area contributed by atoms with E-state index in [1.165, 1.54) is 77.5 Å². The molecule has 0 amide bonds. The number of hydrogen-bond acceptors (Lipinski definition) is 2. The van der Waals surface area contributed by atoms with Crippen LogP contribution < -0.4 is 5.32 Å². The Kier molecular flexibility index (Phi) is 4.66. The van der Waals surface area contributed by atoms with Gasteiger partial charge in [0.05, 0.1) is 0 Å². The molecule has 1 aliphatic heterocycles. The van der Waals surface area contributed by atoms with Gasteiger partial charge in [-0.25, -0.2) is 0 Å². The highest BCUT2D eigenvalue weighted by Gasteiger charge is 2.36. The van der Waals surface area contributed by atoms with Crippen LogP contribution >= 0.6 is 0 Å². The minimum Gasteiger partial charge on any atom is -0.320 e. The summed E-state index contributed by atoms with van der Waals surface area (Å²) in [7, 11) is 2.05. The van der Waals surface area contributed by atoms with Crippen LogP contribution in [0.5, 0.6) is 0 Å². The second kappa shape index (κ2) is 6.02. The summed E-state index contributed by atoms with van der Waals surface area (Å²) in [5.41, 5.74) is 0.793. The molecule has 0 bridgehead atoms. The van der Waals surface area contributed by atoms with Gasteiger partial charge in [-0.2, -0.15) is 0 Å². The number of hydrogen-bond donors (Lipinski definition) is 1. The van der Waals surface area contributed by atoms with Gasteiger partial charge in [-0.05, 0) is 77.2 Å². The number of unbranched alkanes of at least 4 members (excludes halogenated alkanes) is 1. The molecule has 1 aliphatic carbocycles. The van der Waals surface area contributed by atoms with E-state index < -0.39 is 0 Å². The van der Waals surface area contributed by atoms with E-state index in [2.05, 4.69) is 10.2 Å². The average molecular weight is 224 g/mol. The van der Waals surface area contributed by atoms with Crippen molar-refractivity contribution in [2.45, 2.75) is 51.4 Å². The number of piperidine rings is 1. The highest BCUT2D eigenvalue weighted by molar-refractivity contribution is 4.89. The summed E-state index contributed by atoms with van der Waals surface area (Å²) in [5.74, 6) is 0. The van der Waals surface area contributed by atoms with Crippen molar-refractivity contribution in [3.8, 4) is 0 Å². The highest BCUT2D eigenvalue weighted by atomic mass is 15.1. The van der Waals surface area contributed by atoms with Gasteiger partial charge in [0.2, 0.25) is 0 Å². The molecule has 2 rings (SSSR count). The lowest BCUT2D eigenvalue weighted by atomic mass is 9.77. The molecule has 0 atom stereocenters. The van der Waals surface area contributed by atoms with Gasteiger partial charge < -0.3 is 10.2 Å². The quantitative estimate of drug-likeness (QED) is 0.722. The van der Waals surface area contributed by atoms with E-state index in [9.17, 15) is 0 Å². The SMILES string of the molecule is CNCCCCN1CCC2(CCCC2)CC1. The van der Waals surface area contributed by atoms with Crippen LogP contribution in [0, 0.1) is 5.41 Å². The van der Waals surface area contributed by atoms with Crippen molar-refractivity contribution in [3.05, 3.63) is 0 Å². The van der Waals surface area contributed by atoms with Crippen molar-refractivity contribution in [3.63, 3.8) is 0 Å². The smallest absolute Gasteiger partial charge is 0.00134 e. The molecule has 94 valence electrons. The summed E-state index contributed by atoms with van der Waals surface area (Å²) in [6, 6.07) is 0. The Hall–Kier alpha value is -0.0800. The molecule has 1 N–H and O–H groups in total. The molecule has 1 saturated heterocycles. The molecule has 2 nitrogen and oxygen atoms in total. The van der Waals surface area contributed by atoms with Crippen LogP contribution in [0.25, 0.3) is 0 Å². The van der Waals surface area contributed by atoms with Crippen molar-refractivity contribution in [2.75, 3.05) is 33.2 Å². The van der Waals surface area contributed by atoms with Crippen molar-refractivity contribution < 1.29 is 0 Å². The molecule has 0 radical (unpaired) electrons. The Labute approximate surface area is 101 Å². The van der Waals surface area contributed by atoms with Crippen LogP contribution in [0.1, 0.15) is 51.4 Å². The minimum atomic E-state index is 0.793. The zero-order valence-corrected chi connectivity index (χ0v) is 10.9. The van der Waals surface area contributed by atoms with Gasteiger partial charge in [-0.3, -0.25) is 0 Å². The van der Waals surface area contributed by atoms with E-state index in [1.54, 1.807) is 0 Å². The Morgan fingerprint density at radius 1 is 1.00 bits per heavy atom. The largest absolute Gasteiger partial charge is 0.320 e. The first-order valence-corrected chi connectivity index (χ1v) is 7.22. The van der Waals surface area contributed by atoms with Crippen LogP contribution in [0.15, 0.2) is 0 Å². The number of likely N-dealkylation sites (tertiary alicyclic amines) is 1. The summed E-state index contributed by atoms with van der Waals surface area (Å²) in [4.78, 5) is 2.69. The molecular weight excluding hydrogens is 196 g/mol. The summed E-state index contributed by atoms with van der Waals surface area (Å²) in [6.07, 6.45) is 11.7. The van der Waals surface area contributed by atoms with Crippen molar-refractivity contribution in [1.82, 2.24) is 10.2 Å². The van der Waals surface area contributed by atoms with E-state index >= 15 is 0 Å². The fourth-order valence-corrected chi connectivity index (χ4v) is 3.51. The van der Waals surface area contributed by atoms with Gasteiger partial charge in [-0.15, -0.1) is 0 Å². The molecule has 2 fully saturated rings. The third-order valence-corrected chi connectivity index (χ3v) is 4.73. The fourth-order valence-electron chi connectivity index (χ4n) is 3.51. The van der Waals surface area contributed by atoms with Crippen LogP contribution in [-0.4, -0.2) is 38.1 Å². The van der Waals surface area contributed by atoms with Crippen molar-refractivity contribution >= 4 is 0 Å². The molecule has 1 spiro atoms. The molecule has 0 unspecified atom stereocenters. The highest BCUT2D eigenvalue weighted by Crippen LogP contribution is 2.45. The van der Waals surface area contributed by atoms with Gasteiger partial charge in [0.1, 0.15) is 0 Å². The van der Waals surface area contributed by atoms with E-state index in [4.69, 9.17) is 0 Å². The van der Waals surface area contributed by atoms with Gasteiger partial charge in [0.25, 0.3) is 0 Å². The van der Waals surface area contributed by atoms with E-state index in [-0.39, 0.29) is 0 Å². The Balaban J connectivity index is 1.61. The van der Waals surface area contributed by atoms with Gasteiger partial charge in [-0.1, -0.05) is 12.8 Å². The second-order valence-electron chi connectivity index (χ2n) is 5.86. The predicted octanol–water partition coefficient (Wildman–Crippen LogP) is 2.64. The maximum absolute atomic E-state index is 3.23. The lowest BCUT2D eigenvalue weighted by Gasteiger charge is -2.39. The molecule has 0 aromatic heterocycles. The molecule has 0 aromatic rings. The zero-order chi connectivity index (χ0) is 11.3. The van der Waals surface area contributed by atoms with Gasteiger partial charge in [0, 0.05) is 0 Å². The first-order chi connectivity index (χ1) is 7.85. The molecular formula is C14H28N2. The fraction of sp³-hybridized carbons (Fsp3) is 1.00. The normalized spacial score (nSPS) is 25.3.